The van der Waals surface area contributed by atoms with Gasteiger partial charge in [-0.1, -0.05) is 29.8 Å². The highest BCUT2D eigenvalue weighted by Crippen LogP contribution is 2.33. The van der Waals surface area contributed by atoms with E-state index in [9.17, 15) is 9.59 Å². The molecule has 2 heterocycles. The SMILES string of the molecule is CN(CCC1OC(=O)c2ccccc21)C(=O)c1ccc(Oc2cnccn2)cc1Cl. The van der Waals surface area contributed by atoms with Gasteiger partial charge < -0.3 is 14.4 Å². The zero-order valence-corrected chi connectivity index (χ0v) is 16.9. The highest BCUT2D eigenvalue weighted by atomic mass is 35.5. The van der Waals surface area contributed by atoms with E-state index in [0.717, 1.165) is 5.56 Å². The van der Waals surface area contributed by atoms with E-state index in [1.165, 1.54) is 12.4 Å². The van der Waals surface area contributed by atoms with Crippen LogP contribution in [0.1, 0.15) is 38.8 Å². The van der Waals surface area contributed by atoms with E-state index < -0.39 is 0 Å². The van der Waals surface area contributed by atoms with Gasteiger partial charge in [0.25, 0.3) is 5.91 Å². The Labute approximate surface area is 178 Å². The molecule has 1 aliphatic heterocycles. The minimum Gasteiger partial charge on any atom is -0.454 e. The summed E-state index contributed by atoms with van der Waals surface area (Å²) in [4.78, 5) is 34.3. The fourth-order valence-corrected chi connectivity index (χ4v) is 3.50. The highest BCUT2D eigenvalue weighted by Gasteiger charge is 2.30. The molecular formula is C22H18ClN3O4. The number of hydrogen-bond acceptors (Lipinski definition) is 6. The van der Waals surface area contributed by atoms with Crippen molar-refractivity contribution in [2.45, 2.75) is 12.5 Å². The van der Waals surface area contributed by atoms with Gasteiger partial charge in [0.05, 0.1) is 22.3 Å². The summed E-state index contributed by atoms with van der Waals surface area (Å²) >= 11 is 6.32. The lowest BCUT2D eigenvalue weighted by Gasteiger charge is -2.20. The third-order valence-electron chi connectivity index (χ3n) is 4.78. The number of benzene rings is 2. The van der Waals surface area contributed by atoms with Crippen LogP contribution in [0.25, 0.3) is 0 Å². The first-order chi connectivity index (χ1) is 14.5. The average Bonchev–Trinajstić information content (AvgIpc) is 3.08. The Hall–Kier alpha value is -3.45. The molecule has 0 N–H and O–H groups in total. The van der Waals surface area contributed by atoms with Crippen molar-refractivity contribution in [1.82, 2.24) is 14.9 Å². The molecule has 4 rings (SSSR count). The first-order valence-corrected chi connectivity index (χ1v) is 9.69. The number of esters is 1. The molecule has 30 heavy (non-hydrogen) atoms. The van der Waals surface area contributed by atoms with Crippen molar-refractivity contribution in [3.05, 3.63) is 82.8 Å². The van der Waals surface area contributed by atoms with Crippen molar-refractivity contribution in [3.8, 4) is 11.6 Å². The van der Waals surface area contributed by atoms with Gasteiger partial charge in [0.2, 0.25) is 5.88 Å². The van der Waals surface area contributed by atoms with Crippen LogP contribution in [0, 0.1) is 0 Å². The maximum atomic E-state index is 12.8. The molecule has 3 aromatic rings. The lowest BCUT2D eigenvalue weighted by molar-refractivity contribution is 0.0349. The number of nitrogens with zero attached hydrogens (tertiary/aromatic N) is 3. The van der Waals surface area contributed by atoms with Crippen LogP contribution in [-0.4, -0.2) is 40.3 Å². The maximum absolute atomic E-state index is 12.8. The number of cyclic esters (lactones) is 1. The molecule has 152 valence electrons. The second-order valence-electron chi connectivity index (χ2n) is 6.78. The van der Waals surface area contributed by atoms with Crippen LogP contribution in [-0.2, 0) is 4.74 Å². The molecule has 8 heteroatoms. The third kappa shape index (κ3) is 4.11. The van der Waals surface area contributed by atoms with Gasteiger partial charge in [0.1, 0.15) is 11.9 Å². The Morgan fingerprint density at radius 3 is 2.83 bits per heavy atom. The highest BCUT2D eigenvalue weighted by molar-refractivity contribution is 6.34. The Kier molecular flexibility index (Phi) is 5.63. The van der Waals surface area contributed by atoms with Crippen molar-refractivity contribution in [2.75, 3.05) is 13.6 Å². The molecular weight excluding hydrogens is 406 g/mol. The number of carbonyl (C=O) groups is 2. The number of hydrogen-bond donors (Lipinski definition) is 0. The number of rotatable bonds is 6. The molecule has 1 amide bonds. The lowest BCUT2D eigenvalue weighted by atomic mass is 10.0. The van der Waals surface area contributed by atoms with Gasteiger partial charge >= 0.3 is 5.97 Å². The van der Waals surface area contributed by atoms with Crippen LogP contribution in [0.15, 0.2) is 61.1 Å². The van der Waals surface area contributed by atoms with Crippen molar-refractivity contribution < 1.29 is 19.1 Å². The minimum atomic E-state index is -0.359. The van der Waals surface area contributed by atoms with E-state index in [2.05, 4.69) is 9.97 Å². The van der Waals surface area contributed by atoms with Crippen molar-refractivity contribution in [2.24, 2.45) is 0 Å². The summed E-state index contributed by atoms with van der Waals surface area (Å²) in [5.74, 6) is 0.223. The summed E-state index contributed by atoms with van der Waals surface area (Å²) in [5, 5.41) is 0.269. The summed E-state index contributed by atoms with van der Waals surface area (Å²) in [6.07, 6.45) is 4.68. The van der Waals surface area contributed by atoms with Crippen molar-refractivity contribution in [3.63, 3.8) is 0 Å². The molecule has 0 spiro atoms. The summed E-state index contributed by atoms with van der Waals surface area (Å²) in [6.45, 7) is 0.402. The fraction of sp³-hybridized carbons (Fsp3) is 0.182. The van der Waals surface area contributed by atoms with Crippen LogP contribution in [0.5, 0.6) is 11.6 Å². The molecule has 0 radical (unpaired) electrons. The fourth-order valence-electron chi connectivity index (χ4n) is 3.24. The van der Waals surface area contributed by atoms with E-state index in [1.807, 2.05) is 12.1 Å². The summed E-state index contributed by atoms with van der Waals surface area (Å²) in [7, 11) is 1.69. The summed E-state index contributed by atoms with van der Waals surface area (Å²) in [6, 6.07) is 12.1. The maximum Gasteiger partial charge on any atom is 0.339 e. The second kappa shape index (κ2) is 8.51. The zero-order chi connectivity index (χ0) is 21.1. The van der Waals surface area contributed by atoms with Crippen LogP contribution in [0.3, 0.4) is 0 Å². The smallest absolute Gasteiger partial charge is 0.339 e. The minimum absolute atomic E-state index is 0.233. The number of fused-ring (bicyclic) bond motifs is 1. The number of amides is 1. The standard InChI is InChI=1S/C22H18ClN3O4/c1-26(11-8-19-15-4-2-3-5-16(15)22(28)30-19)21(27)17-7-6-14(12-18(17)23)29-20-13-24-9-10-25-20/h2-7,9-10,12-13,19H,8,11H2,1H3. The van der Waals surface area contributed by atoms with Crippen LogP contribution >= 0.6 is 11.6 Å². The van der Waals surface area contributed by atoms with Crippen LogP contribution in [0.4, 0.5) is 0 Å². The average molecular weight is 424 g/mol. The van der Waals surface area contributed by atoms with Gasteiger partial charge in [-0.15, -0.1) is 0 Å². The molecule has 0 saturated carbocycles. The number of carbonyl (C=O) groups excluding carboxylic acids is 2. The normalized spacial score (nSPS) is 14.7. The van der Waals surface area contributed by atoms with Gasteiger partial charge in [0.15, 0.2) is 0 Å². The van der Waals surface area contributed by atoms with Gasteiger partial charge in [0, 0.05) is 44.0 Å². The Morgan fingerprint density at radius 1 is 1.23 bits per heavy atom. The molecule has 2 aromatic carbocycles. The topological polar surface area (TPSA) is 81.6 Å². The Bertz CT molecular complexity index is 1090. The van der Waals surface area contributed by atoms with E-state index in [-0.39, 0.29) is 23.0 Å². The molecule has 7 nitrogen and oxygen atoms in total. The molecule has 0 aliphatic carbocycles. The van der Waals surface area contributed by atoms with Crippen molar-refractivity contribution in [1.29, 1.82) is 0 Å². The largest absolute Gasteiger partial charge is 0.454 e. The van der Waals surface area contributed by atoms with Gasteiger partial charge in [-0.25, -0.2) is 9.78 Å². The van der Waals surface area contributed by atoms with Crippen LogP contribution in [0.2, 0.25) is 5.02 Å². The van der Waals surface area contributed by atoms with E-state index in [1.54, 1.807) is 48.5 Å². The van der Waals surface area contributed by atoms with E-state index >= 15 is 0 Å². The van der Waals surface area contributed by atoms with E-state index in [4.69, 9.17) is 21.1 Å². The van der Waals surface area contributed by atoms with Gasteiger partial charge in [-0.2, -0.15) is 0 Å². The van der Waals surface area contributed by atoms with E-state index in [0.29, 0.717) is 35.7 Å². The molecule has 1 atom stereocenters. The molecule has 1 unspecified atom stereocenters. The molecule has 1 aromatic heterocycles. The summed E-state index contributed by atoms with van der Waals surface area (Å²) in [5.41, 5.74) is 1.79. The number of aromatic nitrogens is 2. The molecule has 0 saturated heterocycles. The molecule has 1 aliphatic rings. The Morgan fingerprint density at radius 2 is 2.07 bits per heavy atom. The number of ether oxygens (including phenoxy) is 2. The first kappa shape index (κ1) is 19.8. The number of halogens is 1. The molecule has 0 bridgehead atoms. The zero-order valence-electron chi connectivity index (χ0n) is 16.1. The first-order valence-electron chi connectivity index (χ1n) is 9.31. The molecule has 0 fully saturated rings. The third-order valence-corrected chi connectivity index (χ3v) is 5.10. The monoisotopic (exact) mass is 423 g/mol. The predicted octanol–water partition coefficient (Wildman–Crippen LogP) is 4.30. The van der Waals surface area contributed by atoms with Gasteiger partial charge in [-0.05, 0) is 18.2 Å². The quantitative estimate of drug-likeness (QED) is 0.550. The van der Waals surface area contributed by atoms with Crippen molar-refractivity contribution >= 4 is 23.5 Å². The van der Waals surface area contributed by atoms with Gasteiger partial charge in [-0.3, -0.25) is 9.78 Å². The summed E-state index contributed by atoms with van der Waals surface area (Å²) < 4.78 is 11.0. The predicted molar refractivity (Wildman–Crippen MR) is 110 cm³/mol. The lowest BCUT2D eigenvalue weighted by Crippen LogP contribution is -2.29. The van der Waals surface area contributed by atoms with Crippen LogP contribution < -0.4 is 4.74 Å². The Balaban J connectivity index is 1.40. The second-order valence-corrected chi connectivity index (χ2v) is 7.19.